The van der Waals surface area contributed by atoms with Crippen LogP contribution in [0.5, 0.6) is 0 Å². The van der Waals surface area contributed by atoms with E-state index in [0.717, 1.165) is 29.3 Å². The van der Waals surface area contributed by atoms with Gasteiger partial charge in [0, 0.05) is 15.8 Å². The quantitative estimate of drug-likeness (QED) is 0.684. The van der Waals surface area contributed by atoms with Crippen LogP contribution in [0.1, 0.15) is 42.5 Å². The van der Waals surface area contributed by atoms with Crippen LogP contribution in [0.3, 0.4) is 0 Å². The molecule has 0 radical (unpaired) electrons. The fraction of sp³-hybridized carbons (Fsp3) is 0.333. The van der Waals surface area contributed by atoms with Crippen molar-refractivity contribution >= 4 is 39.9 Å². The molecular weight excluding hydrogens is 420 g/mol. The second-order valence-electron chi connectivity index (χ2n) is 5.98. The fourth-order valence-corrected chi connectivity index (χ4v) is 3.39. The third kappa shape index (κ3) is 4.23. The summed E-state index contributed by atoms with van der Waals surface area (Å²) in [7, 11) is 0. The number of hydrogen-bond donors (Lipinski definition) is 2. The van der Waals surface area contributed by atoms with Crippen LogP contribution < -0.4 is 10.6 Å². The Balaban J connectivity index is 1.78. The summed E-state index contributed by atoms with van der Waals surface area (Å²) >= 11 is 2.06. The number of anilines is 2. The molecule has 0 atom stereocenters. The van der Waals surface area contributed by atoms with Gasteiger partial charge in [-0.25, -0.2) is 4.39 Å². The number of pyridine rings is 1. The molecule has 1 heterocycles. The first-order chi connectivity index (χ1) is 11.6. The van der Waals surface area contributed by atoms with Crippen molar-refractivity contribution in [2.75, 3.05) is 5.32 Å². The Morgan fingerprint density at radius 3 is 2.71 bits per heavy atom. The Bertz CT molecular complexity index is 732. The molecule has 24 heavy (non-hydrogen) atoms. The van der Waals surface area contributed by atoms with Gasteiger partial charge in [-0.2, -0.15) is 0 Å². The van der Waals surface area contributed by atoms with Crippen LogP contribution in [0.25, 0.3) is 0 Å². The SMILES string of the molecule is O=C(NC1CCCCC1)c1ccncc1Nc1ccc(I)cc1F. The molecule has 1 aliphatic carbocycles. The average molecular weight is 439 g/mol. The normalized spacial score (nSPS) is 15.1. The van der Waals surface area contributed by atoms with Crippen LogP contribution in [0.4, 0.5) is 15.8 Å². The van der Waals surface area contributed by atoms with E-state index in [0.29, 0.717) is 16.9 Å². The van der Waals surface area contributed by atoms with Crippen LogP contribution in [0, 0.1) is 9.39 Å². The van der Waals surface area contributed by atoms with Gasteiger partial charge in [0.15, 0.2) is 0 Å². The standard InChI is InChI=1S/C18H19FIN3O/c19-15-10-12(20)6-7-16(15)23-17-11-21-9-8-14(17)18(24)22-13-4-2-1-3-5-13/h6-11,13,23H,1-5H2,(H,22,24). The van der Waals surface area contributed by atoms with Gasteiger partial charge in [0.25, 0.3) is 5.91 Å². The van der Waals surface area contributed by atoms with Crippen molar-refractivity contribution in [3.63, 3.8) is 0 Å². The molecule has 2 aromatic rings. The third-order valence-electron chi connectivity index (χ3n) is 4.21. The molecule has 2 N–H and O–H groups in total. The summed E-state index contributed by atoms with van der Waals surface area (Å²) < 4.78 is 14.9. The average Bonchev–Trinajstić information content (AvgIpc) is 2.59. The fourth-order valence-electron chi connectivity index (χ4n) is 2.94. The van der Waals surface area contributed by atoms with Crippen LogP contribution in [0.15, 0.2) is 36.7 Å². The number of nitrogens with one attached hydrogen (secondary N) is 2. The number of carbonyl (C=O) groups excluding carboxylic acids is 1. The first kappa shape index (κ1) is 17.1. The summed E-state index contributed by atoms with van der Waals surface area (Å²) in [5.41, 5.74) is 1.31. The summed E-state index contributed by atoms with van der Waals surface area (Å²) in [5, 5.41) is 6.07. The molecule has 0 spiro atoms. The number of benzene rings is 1. The monoisotopic (exact) mass is 439 g/mol. The van der Waals surface area contributed by atoms with Gasteiger partial charge in [0.1, 0.15) is 5.82 Å². The smallest absolute Gasteiger partial charge is 0.253 e. The van der Waals surface area contributed by atoms with Gasteiger partial charge >= 0.3 is 0 Å². The van der Waals surface area contributed by atoms with Crippen molar-refractivity contribution in [3.8, 4) is 0 Å². The van der Waals surface area contributed by atoms with Crippen LogP contribution in [0.2, 0.25) is 0 Å². The van der Waals surface area contributed by atoms with Gasteiger partial charge in [-0.1, -0.05) is 19.3 Å². The molecule has 1 amide bonds. The molecule has 6 heteroatoms. The van der Waals surface area contributed by atoms with Gasteiger partial charge < -0.3 is 10.6 Å². The lowest BCUT2D eigenvalue weighted by Gasteiger charge is -2.23. The molecule has 1 fully saturated rings. The maximum absolute atomic E-state index is 14.1. The summed E-state index contributed by atoms with van der Waals surface area (Å²) in [6.45, 7) is 0. The third-order valence-corrected chi connectivity index (χ3v) is 4.88. The van der Waals surface area contributed by atoms with E-state index in [9.17, 15) is 9.18 Å². The van der Waals surface area contributed by atoms with E-state index in [1.54, 1.807) is 24.5 Å². The van der Waals surface area contributed by atoms with Crippen LogP contribution in [-0.2, 0) is 0 Å². The molecule has 1 aromatic carbocycles. The van der Waals surface area contributed by atoms with Crippen molar-refractivity contribution in [1.29, 1.82) is 0 Å². The molecule has 0 unspecified atom stereocenters. The van der Waals surface area contributed by atoms with E-state index in [1.165, 1.54) is 12.5 Å². The maximum Gasteiger partial charge on any atom is 0.253 e. The van der Waals surface area contributed by atoms with Crippen LogP contribution in [-0.4, -0.2) is 16.9 Å². The molecule has 1 aromatic heterocycles. The van der Waals surface area contributed by atoms with Crippen molar-refractivity contribution in [3.05, 3.63) is 51.6 Å². The van der Waals surface area contributed by atoms with Gasteiger partial charge in [-0.15, -0.1) is 0 Å². The summed E-state index contributed by atoms with van der Waals surface area (Å²) in [4.78, 5) is 16.6. The lowest BCUT2D eigenvalue weighted by atomic mass is 9.95. The maximum atomic E-state index is 14.1. The molecule has 1 aliphatic rings. The molecular formula is C18H19FIN3O. The Morgan fingerprint density at radius 2 is 1.96 bits per heavy atom. The van der Waals surface area contributed by atoms with E-state index in [1.807, 2.05) is 6.07 Å². The molecule has 0 saturated heterocycles. The van der Waals surface area contributed by atoms with Crippen molar-refractivity contribution in [1.82, 2.24) is 10.3 Å². The summed E-state index contributed by atoms with van der Waals surface area (Å²) in [6, 6.07) is 6.80. The zero-order valence-electron chi connectivity index (χ0n) is 13.2. The number of amides is 1. The number of rotatable bonds is 4. The molecule has 1 saturated carbocycles. The van der Waals surface area contributed by atoms with Gasteiger partial charge in [-0.3, -0.25) is 9.78 Å². The molecule has 126 valence electrons. The first-order valence-electron chi connectivity index (χ1n) is 8.10. The molecule has 3 rings (SSSR count). The number of halogens is 2. The molecule has 0 bridgehead atoms. The minimum Gasteiger partial charge on any atom is -0.351 e. The van der Waals surface area contributed by atoms with Gasteiger partial charge in [-0.05, 0) is 59.7 Å². The zero-order valence-corrected chi connectivity index (χ0v) is 15.3. The Kier molecular flexibility index (Phi) is 5.65. The van der Waals surface area contributed by atoms with E-state index < -0.39 is 0 Å². The second kappa shape index (κ2) is 7.92. The number of nitrogens with zero attached hydrogens (tertiary/aromatic N) is 1. The predicted molar refractivity (Wildman–Crippen MR) is 101 cm³/mol. The van der Waals surface area contributed by atoms with Gasteiger partial charge in [0.2, 0.25) is 0 Å². The van der Waals surface area contributed by atoms with Gasteiger partial charge in [0.05, 0.1) is 23.1 Å². The minimum absolute atomic E-state index is 0.141. The Morgan fingerprint density at radius 1 is 1.17 bits per heavy atom. The van der Waals surface area contributed by atoms with E-state index in [-0.39, 0.29) is 17.8 Å². The van der Waals surface area contributed by atoms with E-state index >= 15 is 0 Å². The molecule has 4 nitrogen and oxygen atoms in total. The Labute approximate surface area is 154 Å². The first-order valence-corrected chi connectivity index (χ1v) is 9.18. The highest BCUT2D eigenvalue weighted by Gasteiger charge is 2.19. The minimum atomic E-state index is -0.357. The van der Waals surface area contributed by atoms with E-state index in [4.69, 9.17) is 0 Å². The number of carbonyl (C=O) groups is 1. The highest BCUT2D eigenvalue weighted by molar-refractivity contribution is 14.1. The van der Waals surface area contributed by atoms with Crippen molar-refractivity contribution in [2.24, 2.45) is 0 Å². The highest BCUT2D eigenvalue weighted by Crippen LogP contribution is 2.24. The predicted octanol–water partition coefficient (Wildman–Crippen LogP) is 4.63. The van der Waals surface area contributed by atoms with Crippen molar-refractivity contribution < 1.29 is 9.18 Å². The van der Waals surface area contributed by atoms with Crippen LogP contribution >= 0.6 is 22.6 Å². The second-order valence-corrected chi connectivity index (χ2v) is 7.22. The van der Waals surface area contributed by atoms with Crippen molar-refractivity contribution in [2.45, 2.75) is 38.1 Å². The molecule has 0 aliphatic heterocycles. The lowest BCUT2D eigenvalue weighted by molar-refractivity contribution is 0.0928. The summed E-state index contributed by atoms with van der Waals surface area (Å²) in [5.74, 6) is -0.498. The topological polar surface area (TPSA) is 54.0 Å². The Hall–Kier alpha value is -1.70. The largest absolute Gasteiger partial charge is 0.351 e. The summed E-state index contributed by atoms with van der Waals surface area (Å²) in [6.07, 6.45) is 8.70. The number of aromatic nitrogens is 1. The lowest BCUT2D eigenvalue weighted by Crippen LogP contribution is -2.36. The zero-order chi connectivity index (χ0) is 16.9. The van der Waals surface area contributed by atoms with E-state index in [2.05, 4.69) is 38.2 Å². The highest BCUT2D eigenvalue weighted by atomic mass is 127. The number of hydrogen-bond acceptors (Lipinski definition) is 3.